The highest BCUT2D eigenvalue weighted by Gasteiger charge is 2.20. The molecule has 7 heteroatoms. The Hall–Kier alpha value is -2.67. The highest BCUT2D eigenvalue weighted by molar-refractivity contribution is 7.15. The van der Waals surface area contributed by atoms with E-state index >= 15 is 0 Å². The Balaban J connectivity index is 1.86. The molecule has 0 bridgehead atoms. The molecule has 0 aliphatic carbocycles. The van der Waals surface area contributed by atoms with Gasteiger partial charge in [0.1, 0.15) is 10.8 Å². The maximum absolute atomic E-state index is 12.7. The number of carbonyl (C=O) groups excluding carboxylic acids is 1. The lowest BCUT2D eigenvalue weighted by Gasteiger charge is -2.08. The smallest absolute Gasteiger partial charge is 0.254 e. The minimum atomic E-state index is -0.220. The molecule has 0 aromatic carbocycles. The van der Waals surface area contributed by atoms with Crippen LogP contribution in [0.4, 0.5) is 0 Å². The SMILES string of the molecule is Cc1nc(CNC(=O)c2c(-n3cccc3)sc(C)c2C)cc(=O)[nH]1. The van der Waals surface area contributed by atoms with Gasteiger partial charge in [0, 0.05) is 23.3 Å². The molecule has 0 spiro atoms. The first-order chi connectivity index (χ1) is 11.5. The Morgan fingerprint density at radius 2 is 2.00 bits per heavy atom. The molecule has 0 unspecified atom stereocenters. The van der Waals surface area contributed by atoms with Crippen LogP contribution in [0.15, 0.2) is 35.4 Å². The van der Waals surface area contributed by atoms with Gasteiger partial charge in [-0.1, -0.05) is 0 Å². The van der Waals surface area contributed by atoms with Crippen LogP contribution in [0.2, 0.25) is 0 Å². The Morgan fingerprint density at radius 1 is 1.29 bits per heavy atom. The summed E-state index contributed by atoms with van der Waals surface area (Å²) in [6.45, 7) is 5.88. The van der Waals surface area contributed by atoms with Gasteiger partial charge in [-0.15, -0.1) is 11.3 Å². The number of H-pyrrole nitrogens is 1. The first-order valence-electron chi connectivity index (χ1n) is 7.54. The first-order valence-corrected chi connectivity index (χ1v) is 8.35. The van der Waals surface area contributed by atoms with Crippen molar-refractivity contribution in [1.29, 1.82) is 0 Å². The Labute approximate surface area is 143 Å². The van der Waals surface area contributed by atoms with Gasteiger partial charge >= 0.3 is 0 Å². The lowest BCUT2D eigenvalue weighted by atomic mass is 10.1. The predicted octanol–water partition coefficient (Wildman–Crippen LogP) is 2.48. The fraction of sp³-hybridized carbons (Fsp3) is 0.235. The third-order valence-corrected chi connectivity index (χ3v) is 5.00. The molecular formula is C17H18N4O2S. The van der Waals surface area contributed by atoms with Crippen molar-refractivity contribution < 1.29 is 4.79 Å². The van der Waals surface area contributed by atoms with E-state index in [4.69, 9.17) is 0 Å². The molecular weight excluding hydrogens is 324 g/mol. The number of carbonyl (C=O) groups is 1. The standard InChI is InChI=1S/C17H18N4O2S/c1-10-11(2)24-17(21-6-4-5-7-21)15(10)16(23)18-9-13-8-14(22)20-12(3)19-13/h4-8H,9H2,1-3H3,(H,18,23)(H,19,20,22). The van der Waals surface area contributed by atoms with Gasteiger partial charge in [0.15, 0.2) is 0 Å². The Morgan fingerprint density at radius 3 is 2.67 bits per heavy atom. The molecule has 0 atom stereocenters. The lowest BCUT2D eigenvalue weighted by Crippen LogP contribution is -2.26. The van der Waals surface area contributed by atoms with E-state index in [-0.39, 0.29) is 18.0 Å². The quantitative estimate of drug-likeness (QED) is 0.764. The van der Waals surface area contributed by atoms with Crippen LogP contribution in [0.25, 0.3) is 5.00 Å². The van der Waals surface area contributed by atoms with Crippen molar-refractivity contribution in [3.05, 3.63) is 68.5 Å². The van der Waals surface area contributed by atoms with E-state index in [0.717, 1.165) is 15.4 Å². The number of hydrogen-bond acceptors (Lipinski definition) is 4. The number of hydrogen-bond donors (Lipinski definition) is 2. The summed E-state index contributed by atoms with van der Waals surface area (Å²) in [5.74, 6) is 0.364. The summed E-state index contributed by atoms with van der Waals surface area (Å²) in [5, 5.41) is 3.76. The molecule has 3 aromatic rings. The Bertz CT molecular complexity index is 938. The third-order valence-electron chi connectivity index (χ3n) is 3.78. The van der Waals surface area contributed by atoms with Crippen molar-refractivity contribution in [3.8, 4) is 5.00 Å². The van der Waals surface area contributed by atoms with Crippen molar-refractivity contribution in [1.82, 2.24) is 19.9 Å². The topological polar surface area (TPSA) is 79.8 Å². The molecule has 3 aromatic heterocycles. The number of aryl methyl sites for hydroxylation is 2. The minimum Gasteiger partial charge on any atom is -0.346 e. The van der Waals surface area contributed by atoms with Crippen LogP contribution in [0.1, 0.15) is 32.3 Å². The monoisotopic (exact) mass is 342 g/mol. The van der Waals surface area contributed by atoms with Crippen LogP contribution in [0.5, 0.6) is 0 Å². The number of aromatic amines is 1. The van der Waals surface area contributed by atoms with Crippen molar-refractivity contribution in [2.24, 2.45) is 0 Å². The van der Waals surface area contributed by atoms with Gasteiger partial charge in [-0.3, -0.25) is 9.59 Å². The van der Waals surface area contributed by atoms with E-state index in [2.05, 4.69) is 15.3 Å². The molecule has 2 N–H and O–H groups in total. The summed E-state index contributed by atoms with van der Waals surface area (Å²) in [6, 6.07) is 5.25. The largest absolute Gasteiger partial charge is 0.346 e. The number of nitrogens with zero attached hydrogens (tertiary/aromatic N) is 2. The summed E-state index contributed by atoms with van der Waals surface area (Å²) in [4.78, 5) is 32.1. The van der Waals surface area contributed by atoms with Crippen molar-refractivity contribution in [2.75, 3.05) is 0 Å². The highest BCUT2D eigenvalue weighted by Crippen LogP contribution is 2.30. The molecule has 24 heavy (non-hydrogen) atoms. The molecule has 124 valence electrons. The zero-order valence-corrected chi connectivity index (χ0v) is 14.5. The maximum atomic E-state index is 12.7. The Kier molecular flexibility index (Phi) is 4.35. The molecule has 3 rings (SSSR count). The zero-order valence-electron chi connectivity index (χ0n) is 13.7. The fourth-order valence-electron chi connectivity index (χ4n) is 2.52. The van der Waals surface area contributed by atoms with Gasteiger partial charge in [-0.25, -0.2) is 4.98 Å². The molecule has 0 fully saturated rings. The fourth-order valence-corrected chi connectivity index (χ4v) is 3.64. The molecule has 0 saturated heterocycles. The average Bonchev–Trinajstić information content (AvgIpc) is 3.13. The van der Waals surface area contributed by atoms with E-state index in [0.29, 0.717) is 17.1 Å². The molecule has 0 saturated carbocycles. The van der Waals surface area contributed by atoms with Crippen LogP contribution in [-0.2, 0) is 6.54 Å². The van der Waals surface area contributed by atoms with Crippen molar-refractivity contribution in [2.45, 2.75) is 27.3 Å². The second-order valence-corrected chi connectivity index (χ2v) is 6.76. The maximum Gasteiger partial charge on any atom is 0.254 e. The number of thiophene rings is 1. The molecule has 3 heterocycles. The van der Waals surface area contributed by atoms with Crippen molar-refractivity contribution in [3.63, 3.8) is 0 Å². The van der Waals surface area contributed by atoms with Gasteiger partial charge in [0.25, 0.3) is 11.5 Å². The minimum absolute atomic E-state index is 0.166. The van der Waals surface area contributed by atoms with Crippen LogP contribution in [0, 0.1) is 20.8 Å². The molecule has 1 amide bonds. The summed E-state index contributed by atoms with van der Waals surface area (Å²) in [7, 11) is 0. The third kappa shape index (κ3) is 3.16. The molecule has 0 aliphatic heterocycles. The first kappa shape index (κ1) is 16.2. The molecule has 0 aliphatic rings. The van der Waals surface area contributed by atoms with Gasteiger partial charge in [-0.05, 0) is 38.5 Å². The second kappa shape index (κ2) is 6.45. The molecule has 0 radical (unpaired) electrons. The van der Waals surface area contributed by atoms with Gasteiger partial charge in [0.2, 0.25) is 0 Å². The number of amides is 1. The van der Waals surface area contributed by atoms with Gasteiger partial charge in [-0.2, -0.15) is 0 Å². The molecule has 6 nitrogen and oxygen atoms in total. The number of rotatable bonds is 4. The van der Waals surface area contributed by atoms with Crippen LogP contribution >= 0.6 is 11.3 Å². The van der Waals surface area contributed by atoms with Crippen molar-refractivity contribution >= 4 is 17.2 Å². The van der Waals surface area contributed by atoms with Gasteiger partial charge in [0.05, 0.1) is 17.8 Å². The van der Waals surface area contributed by atoms with E-state index in [9.17, 15) is 9.59 Å². The van der Waals surface area contributed by atoms with E-state index in [1.807, 2.05) is 42.9 Å². The number of aromatic nitrogens is 3. The zero-order chi connectivity index (χ0) is 17.3. The summed E-state index contributed by atoms with van der Waals surface area (Å²) >= 11 is 1.59. The predicted molar refractivity (Wildman–Crippen MR) is 93.9 cm³/mol. The van der Waals surface area contributed by atoms with Crippen LogP contribution in [-0.4, -0.2) is 20.4 Å². The number of nitrogens with one attached hydrogen (secondary N) is 2. The van der Waals surface area contributed by atoms with Gasteiger partial charge < -0.3 is 14.9 Å². The summed E-state index contributed by atoms with van der Waals surface area (Å²) in [5.41, 5.74) is 1.95. The summed E-state index contributed by atoms with van der Waals surface area (Å²) < 4.78 is 1.94. The second-order valence-electron chi connectivity index (χ2n) is 5.56. The van der Waals surface area contributed by atoms with E-state index < -0.39 is 0 Å². The lowest BCUT2D eigenvalue weighted by molar-refractivity contribution is 0.0950. The van der Waals surface area contributed by atoms with E-state index in [1.54, 1.807) is 18.3 Å². The highest BCUT2D eigenvalue weighted by atomic mass is 32.1. The summed E-state index contributed by atoms with van der Waals surface area (Å²) in [6.07, 6.45) is 3.84. The normalized spacial score (nSPS) is 10.8. The van der Waals surface area contributed by atoms with Crippen LogP contribution < -0.4 is 10.9 Å². The van der Waals surface area contributed by atoms with E-state index in [1.165, 1.54) is 6.07 Å². The average molecular weight is 342 g/mol. The van der Waals surface area contributed by atoms with Crippen LogP contribution in [0.3, 0.4) is 0 Å².